The number of hydrogen-bond donors (Lipinski definition) is 1. The van der Waals surface area contributed by atoms with Gasteiger partial charge in [0.25, 0.3) is 0 Å². The molecule has 21 heavy (non-hydrogen) atoms. The topological polar surface area (TPSA) is 71.8 Å². The normalized spacial score (nSPS) is 11.7. The molecule has 0 unspecified atom stereocenters. The van der Waals surface area contributed by atoms with Gasteiger partial charge in [0.1, 0.15) is 5.69 Å². The van der Waals surface area contributed by atoms with Crippen molar-refractivity contribution in [2.45, 2.75) is 13.1 Å². The molecule has 10 heteroatoms. The summed E-state index contributed by atoms with van der Waals surface area (Å²) in [6.45, 7) is 1.38. The van der Waals surface area contributed by atoms with Crippen molar-refractivity contribution in [1.29, 1.82) is 0 Å². The zero-order chi connectivity index (χ0) is 15.9. The van der Waals surface area contributed by atoms with Crippen LogP contribution in [0.1, 0.15) is 11.3 Å². The lowest BCUT2D eigenvalue weighted by Crippen LogP contribution is -2.05. The highest BCUT2D eigenvalue weighted by Crippen LogP contribution is 2.40. The van der Waals surface area contributed by atoms with Crippen LogP contribution in [-0.4, -0.2) is 14.9 Å². The molecule has 0 amide bonds. The van der Waals surface area contributed by atoms with Gasteiger partial charge in [-0.25, -0.2) is 9.97 Å². The molecule has 5 nitrogen and oxygen atoms in total. The van der Waals surface area contributed by atoms with E-state index in [1.165, 1.54) is 6.92 Å². The maximum absolute atomic E-state index is 12.6. The number of aromatic nitrogens is 2. The molecule has 0 bridgehead atoms. The number of nitro groups is 1. The predicted molar refractivity (Wildman–Crippen MR) is 70.4 cm³/mol. The van der Waals surface area contributed by atoms with E-state index >= 15 is 0 Å². The Morgan fingerprint density at radius 2 is 1.81 bits per heavy atom. The number of aromatic amines is 1. The highest BCUT2D eigenvalue weighted by molar-refractivity contribution is 6.39. The van der Waals surface area contributed by atoms with Crippen LogP contribution in [0.4, 0.5) is 19.0 Å². The highest BCUT2D eigenvalue weighted by Gasteiger charge is 2.33. The van der Waals surface area contributed by atoms with E-state index < -0.39 is 16.7 Å². The lowest BCUT2D eigenvalue weighted by Gasteiger charge is -2.09. The molecule has 1 heterocycles. The molecule has 112 valence electrons. The van der Waals surface area contributed by atoms with E-state index in [0.717, 1.165) is 0 Å². The largest absolute Gasteiger partial charge is 0.416 e. The summed E-state index contributed by atoms with van der Waals surface area (Å²) < 4.78 is 37.9. The highest BCUT2D eigenvalue weighted by atomic mass is 35.5. The van der Waals surface area contributed by atoms with Crippen LogP contribution in [0.25, 0.3) is 11.4 Å². The van der Waals surface area contributed by atoms with Gasteiger partial charge in [-0.2, -0.15) is 13.2 Å². The van der Waals surface area contributed by atoms with Crippen molar-refractivity contribution in [2.75, 3.05) is 0 Å². The van der Waals surface area contributed by atoms with Gasteiger partial charge in [-0.05, 0) is 24.0 Å². The summed E-state index contributed by atoms with van der Waals surface area (Å²) in [5.74, 6) is -0.444. The Balaban J connectivity index is 2.60. The van der Waals surface area contributed by atoms with Crippen LogP contribution in [0, 0.1) is 17.0 Å². The molecule has 0 saturated heterocycles. The Hall–Kier alpha value is -1.80. The second-order valence-electron chi connectivity index (χ2n) is 4.09. The first-order chi connectivity index (χ1) is 9.61. The molecule has 0 radical (unpaired) electrons. The molecule has 0 aliphatic carbocycles. The first kappa shape index (κ1) is 15.6. The fourth-order valence-corrected chi connectivity index (χ4v) is 2.38. The summed E-state index contributed by atoms with van der Waals surface area (Å²) in [6, 6.07) is 1.37. The quantitative estimate of drug-likeness (QED) is 0.640. The first-order valence-corrected chi connectivity index (χ1v) is 6.14. The van der Waals surface area contributed by atoms with Gasteiger partial charge < -0.3 is 10.1 Å². The van der Waals surface area contributed by atoms with Crippen molar-refractivity contribution >= 4 is 29.0 Å². The van der Waals surface area contributed by atoms with Crippen molar-refractivity contribution in [1.82, 2.24) is 9.97 Å². The SMILES string of the molecule is Cc1nc(-c2c(Cl)cc(C(F)(F)F)cc2Cl)[nH]c1[N+](=O)[O-]. The van der Waals surface area contributed by atoms with Gasteiger partial charge in [-0.15, -0.1) is 0 Å². The van der Waals surface area contributed by atoms with Crippen LogP contribution < -0.4 is 0 Å². The van der Waals surface area contributed by atoms with Crippen LogP contribution in [0.5, 0.6) is 0 Å². The van der Waals surface area contributed by atoms with Crippen LogP contribution in [-0.2, 0) is 6.18 Å². The zero-order valence-electron chi connectivity index (χ0n) is 10.3. The van der Waals surface area contributed by atoms with E-state index in [4.69, 9.17) is 23.2 Å². The monoisotopic (exact) mass is 339 g/mol. The average molecular weight is 340 g/mol. The second kappa shape index (κ2) is 5.19. The van der Waals surface area contributed by atoms with Crippen LogP contribution in [0.3, 0.4) is 0 Å². The minimum Gasteiger partial charge on any atom is -0.358 e. The molecular formula is C11H6Cl2F3N3O2. The molecule has 2 rings (SSSR count). The number of rotatable bonds is 2. The summed E-state index contributed by atoms with van der Waals surface area (Å²) in [6.07, 6.45) is -4.60. The molecule has 0 fully saturated rings. The van der Waals surface area contributed by atoms with Crippen molar-refractivity contribution in [2.24, 2.45) is 0 Å². The molecule has 0 aliphatic rings. The van der Waals surface area contributed by atoms with Gasteiger partial charge in [-0.1, -0.05) is 23.2 Å². The fraction of sp³-hybridized carbons (Fsp3) is 0.182. The van der Waals surface area contributed by atoms with Crippen LogP contribution in [0.2, 0.25) is 10.0 Å². The standard InChI is InChI=1S/C11H6Cl2F3N3O2/c1-4-10(19(20)21)18-9(17-4)8-6(12)2-5(3-7(8)13)11(14,15)16/h2-3H,1H3,(H,17,18). The van der Waals surface area contributed by atoms with Gasteiger partial charge in [-0.3, -0.25) is 0 Å². The third kappa shape index (κ3) is 2.96. The summed E-state index contributed by atoms with van der Waals surface area (Å²) in [5.41, 5.74) is -0.969. The van der Waals surface area contributed by atoms with Gasteiger partial charge in [0.15, 0.2) is 0 Å². The maximum atomic E-state index is 12.6. The molecule has 1 aromatic heterocycles. The van der Waals surface area contributed by atoms with Gasteiger partial charge in [0.2, 0.25) is 5.82 Å². The summed E-state index contributed by atoms with van der Waals surface area (Å²) in [7, 11) is 0. The zero-order valence-corrected chi connectivity index (χ0v) is 11.8. The number of nitrogens with zero attached hydrogens (tertiary/aromatic N) is 2. The van der Waals surface area contributed by atoms with Gasteiger partial charge in [0, 0.05) is 0 Å². The molecule has 2 aromatic rings. The minimum atomic E-state index is -4.60. The number of aryl methyl sites for hydroxylation is 1. The Morgan fingerprint density at radius 3 is 2.19 bits per heavy atom. The minimum absolute atomic E-state index is 0.0254. The number of benzene rings is 1. The molecule has 0 saturated carbocycles. The third-order valence-electron chi connectivity index (χ3n) is 2.65. The summed E-state index contributed by atoms with van der Waals surface area (Å²) in [4.78, 5) is 16.3. The molecule has 0 spiro atoms. The van der Waals surface area contributed by atoms with E-state index in [1.807, 2.05) is 0 Å². The lowest BCUT2D eigenvalue weighted by molar-refractivity contribution is -0.389. The Labute approximate surface area is 125 Å². The fourth-order valence-electron chi connectivity index (χ4n) is 1.71. The van der Waals surface area contributed by atoms with E-state index in [2.05, 4.69) is 9.97 Å². The van der Waals surface area contributed by atoms with Crippen molar-refractivity contribution in [3.63, 3.8) is 0 Å². The number of hydrogen-bond acceptors (Lipinski definition) is 3. The van der Waals surface area contributed by atoms with E-state index in [0.29, 0.717) is 12.1 Å². The van der Waals surface area contributed by atoms with E-state index in [-0.39, 0.29) is 32.9 Å². The Morgan fingerprint density at radius 1 is 1.29 bits per heavy atom. The maximum Gasteiger partial charge on any atom is 0.416 e. The van der Waals surface area contributed by atoms with E-state index in [1.54, 1.807) is 0 Å². The van der Waals surface area contributed by atoms with Crippen molar-refractivity contribution in [3.8, 4) is 11.4 Å². The van der Waals surface area contributed by atoms with Crippen molar-refractivity contribution in [3.05, 3.63) is 43.5 Å². The molecule has 0 atom stereocenters. The predicted octanol–water partition coefficient (Wildman–Crippen LogP) is 4.62. The summed E-state index contributed by atoms with van der Waals surface area (Å²) in [5, 5.41) is 10.1. The van der Waals surface area contributed by atoms with Crippen LogP contribution >= 0.6 is 23.2 Å². The summed E-state index contributed by atoms with van der Waals surface area (Å²) >= 11 is 11.6. The number of H-pyrrole nitrogens is 1. The van der Waals surface area contributed by atoms with Gasteiger partial charge >= 0.3 is 12.0 Å². The molecule has 1 N–H and O–H groups in total. The number of imidazole rings is 1. The molecule has 0 aliphatic heterocycles. The average Bonchev–Trinajstić information content (AvgIpc) is 2.69. The number of nitrogens with one attached hydrogen (secondary N) is 1. The number of alkyl halides is 3. The second-order valence-corrected chi connectivity index (χ2v) is 4.90. The Kier molecular flexibility index (Phi) is 3.85. The number of halogens is 5. The van der Waals surface area contributed by atoms with E-state index in [9.17, 15) is 23.3 Å². The lowest BCUT2D eigenvalue weighted by atomic mass is 10.1. The Bertz CT molecular complexity index is 705. The van der Waals surface area contributed by atoms with Crippen molar-refractivity contribution < 1.29 is 18.1 Å². The molecular weight excluding hydrogens is 334 g/mol. The smallest absolute Gasteiger partial charge is 0.358 e. The molecule has 1 aromatic carbocycles. The third-order valence-corrected chi connectivity index (χ3v) is 3.24. The van der Waals surface area contributed by atoms with Gasteiger partial charge in [0.05, 0.1) is 21.2 Å². The first-order valence-electron chi connectivity index (χ1n) is 5.39. The van der Waals surface area contributed by atoms with Crippen LogP contribution in [0.15, 0.2) is 12.1 Å².